The van der Waals surface area contributed by atoms with E-state index in [-0.39, 0.29) is 17.2 Å². The third kappa shape index (κ3) is 7.82. The molecule has 0 heterocycles. The van der Waals surface area contributed by atoms with Crippen molar-refractivity contribution in [1.29, 1.82) is 0 Å². The third-order valence-corrected chi connectivity index (χ3v) is 5.09. The average molecular weight is 422 g/mol. The number of hydrogen-bond donors (Lipinski definition) is 2. The average Bonchev–Trinajstić information content (AvgIpc) is 2.75. The van der Waals surface area contributed by atoms with Crippen molar-refractivity contribution in [3.05, 3.63) is 59.2 Å². The Hall–Kier alpha value is -3.26. The summed E-state index contributed by atoms with van der Waals surface area (Å²) in [5.41, 5.74) is 2.02. The Labute approximate surface area is 184 Å². The van der Waals surface area contributed by atoms with Crippen molar-refractivity contribution in [3.63, 3.8) is 0 Å². The lowest BCUT2D eigenvalue weighted by Gasteiger charge is -2.22. The fourth-order valence-electron chi connectivity index (χ4n) is 3.28. The zero-order valence-corrected chi connectivity index (χ0v) is 18.4. The Balaban J connectivity index is 1.98. The van der Waals surface area contributed by atoms with Crippen molar-refractivity contribution in [2.24, 2.45) is 0 Å². The zero-order valence-electron chi connectivity index (χ0n) is 18.4. The molecule has 0 radical (unpaired) electrons. The molecule has 2 aromatic carbocycles. The second kappa shape index (κ2) is 12.4. The van der Waals surface area contributed by atoms with E-state index in [4.69, 9.17) is 0 Å². The van der Waals surface area contributed by atoms with Gasteiger partial charge in [0.2, 0.25) is 5.91 Å². The van der Waals surface area contributed by atoms with Crippen LogP contribution in [-0.4, -0.2) is 22.1 Å². The summed E-state index contributed by atoms with van der Waals surface area (Å²) in [4.78, 5) is 24.9. The fourth-order valence-corrected chi connectivity index (χ4v) is 3.28. The van der Waals surface area contributed by atoms with Crippen molar-refractivity contribution in [3.8, 4) is 17.6 Å². The standard InChI is InChI=1S/C26H31NO4/c1-3-4-5-6-7-8-9-10-11-21-12-14-22(15-13-21)19-27(20(2)28)23-16-17-25(29)24(18-23)26(30)31/h12-18,29H,3-9,19H2,1-2H3,(H,30,31). The first kappa shape index (κ1) is 24.0. The van der Waals surface area contributed by atoms with Gasteiger partial charge in [0.1, 0.15) is 11.3 Å². The summed E-state index contributed by atoms with van der Waals surface area (Å²) >= 11 is 0. The van der Waals surface area contributed by atoms with E-state index >= 15 is 0 Å². The quantitative estimate of drug-likeness (QED) is 0.378. The second-order valence-electron chi connectivity index (χ2n) is 7.63. The van der Waals surface area contributed by atoms with Crippen molar-refractivity contribution in [1.82, 2.24) is 0 Å². The monoisotopic (exact) mass is 421 g/mol. The van der Waals surface area contributed by atoms with E-state index in [1.807, 2.05) is 24.3 Å². The molecular weight excluding hydrogens is 390 g/mol. The van der Waals surface area contributed by atoms with Crippen LogP contribution in [0.15, 0.2) is 42.5 Å². The maximum Gasteiger partial charge on any atom is 0.339 e. The van der Waals surface area contributed by atoms with Gasteiger partial charge in [-0.2, -0.15) is 0 Å². The largest absolute Gasteiger partial charge is 0.507 e. The topological polar surface area (TPSA) is 77.8 Å². The molecule has 5 nitrogen and oxygen atoms in total. The number of carbonyl (C=O) groups excluding carboxylic acids is 1. The lowest BCUT2D eigenvalue weighted by molar-refractivity contribution is -0.116. The molecule has 0 fully saturated rings. The number of hydrogen-bond acceptors (Lipinski definition) is 3. The normalized spacial score (nSPS) is 10.3. The zero-order chi connectivity index (χ0) is 22.6. The number of nitrogens with zero attached hydrogens (tertiary/aromatic N) is 1. The van der Waals surface area contributed by atoms with Crippen LogP contribution >= 0.6 is 0 Å². The Kier molecular flexibility index (Phi) is 9.64. The first-order valence-corrected chi connectivity index (χ1v) is 10.8. The van der Waals surface area contributed by atoms with E-state index in [2.05, 4.69) is 18.8 Å². The molecule has 0 aromatic heterocycles. The third-order valence-electron chi connectivity index (χ3n) is 5.09. The first-order chi connectivity index (χ1) is 14.9. The number of rotatable bonds is 10. The van der Waals surface area contributed by atoms with Crippen LogP contribution in [-0.2, 0) is 11.3 Å². The molecule has 0 bridgehead atoms. The number of aromatic carboxylic acids is 1. The van der Waals surface area contributed by atoms with E-state index in [0.717, 1.165) is 24.0 Å². The van der Waals surface area contributed by atoms with Crippen molar-refractivity contribution < 1.29 is 19.8 Å². The van der Waals surface area contributed by atoms with E-state index < -0.39 is 5.97 Å². The SMILES string of the molecule is CCCCCCCCC#Cc1ccc(CN(C(C)=O)c2ccc(O)c(C(=O)O)c2)cc1. The van der Waals surface area contributed by atoms with Gasteiger partial charge in [0.25, 0.3) is 0 Å². The summed E-state index contributed by atoms with van der Waals surface area (Å²) in [6.45, 7) is 3.94. The smallest absolute Gasteiger partial charge is 0.339 e. The number of carboxylic acid groups (broad SMARTS) is 1. The maximum atomic E-state index is 12.2. The lowest BCUT2D eigenvalue weighted by atomic mass is 10.1. The van der Waals surface area contributed by atoms with Gasteiger partial charge in [0.15, 0.2) is 0 Å². The van der Waals surface area contributed by atoms with E-state index in [1.54, 1.807) is 0 Å². The number of anilines is 1. The van der Waals surface area contributed by atoms with Crippen LogP contribution in [0.4, 0.5) is 5.69 Å². The number of carboxylic acids is 1. The molecule has 2 N–H and O–H groups in total. The van der Waals surface area contributed by atoms with E-state index in [1.165, 1.54) is 62.1 Å². The van der Waals surface area contributed by atoms with Crippen LogP contribution in [0.5, 0.6) is 5.75 Å². The molecular formula is C26H31NO4. The molecule has 2 rings (SSSR count). The number of aromatic hydroxyl groups is 1. The minimum atomic E-state index is -1.24. The summed E-state index contributed by atoms with van der Waals surface area (Å²) < 4.78 is 0. The molecule has 0 unspecified atom stereocenters. The number of amides is 1. The van der Waals surface area contributed by atoms with Crippen molar-refractivity contribution >= 4 is 17.6 Å². The number of unbranched alkanes of at least 4 members (excludes halogenated alkanes) is 6. The van der Waals surface area contributed by atoms with Gasteiger partial charge in [0, 0.05) is 24.6 Å². The molecule has 1 amide bonds. The number of phenols is 1. The van der Waals surface area contributed by atoms with Crippen LogP contribution in [0.3, 0.4) is 0 Å². The van der Waals surface area contributed by atoms with Crippen LogP contribution in [0.1, 0.15) is 80.3 Å². The van der Waals surface area contributed by atoms with Gasteiger partial charge < -0.3 is 15.1 Å². The van der Waals surface area contributed by atoms with E-state index in [9.17, 15) is 19.8 Å². The van der Waals surface area contributed by atoms with Gasteiger partial charge in [-0.25, -0.2) is 4.79 Å². The van der Waals surface area contributed by atoms with Crippen LogP contribution in [0, 0.1) is 11.8 Å². The van der Waals surface area contributed by atoms with Gasteiger partial charge in [-0.1, -0.05) is 63.0 Å². The Bertz CT molecular complexity index is 938. The summed E-state index contributed by atoms with van der Waals surface area (Å²) in [7, 11) is 0. The minimum Gasteiger partial charge on any atom is -0.507 e. The van der Waals surface area contributed by atoms with Crippen molar-refractivity contribution in [2.75, 3.05) is 4.90 Å². The predicted octanol–water partition coefficient (Wildman–Crippen LogP) is 5.75. The summed E-state index contributed by atoms with van der Waals surface area (Å²) in [5, 5.41) is 18.9. The Morgan fingerprint density at radius 1 is 0.968 bits per heavy atom. The van der Waals surface area contributed by atoms with Crippen molar-refractivity contribution in [2.45, 2.75) is 65.3 Å². The molecule has 2 aromatic rings. The lowest BCUT2D eigenvalue weighted by Crippen LogP contribution is -2.28. The minimum absolute atomic E-state index is 0.218. The molecule has 5 heteroatoms. The van der Waals surface area contributed by atoms with Crippen LogP contribution in [0.25, 0.3) is 0 Å². The Morgan fingerprint density at radius 3 is 2.29 bits per heavy atom. The number of benzene rings is 2. The van der Waals surface area contributed by atoms with E-state index in [0.29, 0.717) is 12.2 Å². The molecule has 0 spiro atoms. The summed E-state index contributed by atoms with van der Waals surface area (Å²) in [6.07, 6.45) is 8.43. The fraction of sp³-hybridized carbons (Fsp3) is 0.385. The highest BCUT2D eigenvalue weighted by molar-refractivity contribution is 5.96. The maximum absolute atomic E-state index is 12.2. The molecule has 0 saturated carbocycles. The van der Waals surface area contributed by atoms with Gasteiger partial charge in [0.05, 0.1) is 6.54 Å². The van der Waals surface area contributed by atoms with Crippen LogP contribution in [0.2, 0.25) is 0 Å². The van der Waals surface area contributed by atoms with Gasteiger partial charge in [-0.15, -0.1) is 0 Å². The van der Waals surface area contributed by atoms with Gasteiger partial charge >= 0.3 is 5.97 Å². The highest BCUT2D eigenvalue weighted by Gasteiger charge is 2.17. The molecule has 164 valence electrons. The highest BCUT2D eigenvalue weighted by Crippen LogP contribution is 2.25. The van der Waals surface area contributed by atoms with Gasteiger partial charge in [-0.05, 0) is 42.3 Å². The molecule has 31 heavy (non-hydrogen) atoms. The molecule has 0 aliphatic heterocycles. The summed E-state index contributed by atoms with van der Waals surface area (Å²) in [5.74, 6) is 4.62. The molecule has 0 aliphatic carbocycles. The van der Waals surface area contributed by atoms with Gasteiger partial charge in [-0.3, -0.25) is 4.79 Å². The Morgan fingerprint density at radius 2 is 1.65 bits per heavy atom. The number of carbonyl (C=O) groups is 2. The second-order valence-corrected chi connectivity index (χ2v) is 7.63. The van der Waals surface area contributed by atoms with Crippen LogP contribution < -0.4 is 4.90 Å². The molecule has 0 atom stereocenters. The molecule has 0 aliphatic rings. The summed E-state index contributed by atoms with van der Waals surface area (Å²) in [6, 6.07) is 11.8. The highest BCUT2D eigenvalue weighted by atomic mass is 16.4. The predicted molar refractivity (Wildman–Crippen MR) is 123 cm³/mol. The first-order valence-electron chi connectivity index (χ1n) is 10.8. The molecule has 0 saturated heterocycles.